The van der Waals surface area contributed by atoms with Crippen LogP contribution >= 0.6 is 11.6 Å². The molecule has 0 atom stereocenters. The van der Waals surface area contributed by atoms with Gasteiger partial charge in [-0.05, 0) is 12.1 Å². The smallest absolute Gasteiger partial charge is 0.243 e. The summed E-state index contributed by atoms with van der Waals surface area (Å²) in [6, 6.07) is 3.40. The highest BCUT2D eigenvalue weighted by molar-refractivity contribution is 6.35. The molecule has 0 aliphatic carbocycles. The van der Waals surface area contributed by atoms with E-state index in [1.54, 1.807) is 0 Å². The third-order valence-electron chi connectivity index (χ3n) is 2.38. The number of aromatic nitrogens is 1. The van der Waals surface area contributed by atoms with Crippen LogP contribution in [0.5, 0.6) is 0 Å². The highest BCUT2D eigenvalue weighted by atomic mass is 35.5. The number of fused-ring (bicyclic) bond motifs is 1. The lowest BCUT2D eigenvalue weighted by Crippen LogP contribution is -2.11. The van der Waals surface area contributed by atoms with Crippen molar-refractivity contribution >= 4 is 22.5 Å². The Kier molecular flexibility index (Phi) is 3.12. The van der Waals surface area contributed by atoms with Gasteiger partial charge in [-0.1, -0.05) is 23.7 Å². The molecule has 0 aliphatic heterocycles. The summed E-state index contributed by atoms with van der Waals surface area (Å²) >= 11 is 5.58. The van der Waals surface area contributed by atoms with Crippen molar-refractivity contribution in [3.8, 4) is 0 Å². The average Bonchev–Trinajstić information content (AvgIpc) is 2.25. The van der Waals surface area contributed by atoms with Crippen LogP contribution in [0.25, 0.3) is 10.9 Å². The van der Waals surface area contributed by atoms with Crippen molar-refractivity contribution in [1.82, 2.24) is 4.98 Å². The maximum absolute atomic E-state index is 12.7. The van der Waals surface area contributed by atoms with Crippen molar-refractivity contribution in [2.24, 2.45) is 0 Å². The summed E-state index contributed by atoms with van der Waals surface area (Å²) in [6.07, 6.45) is -9.67. The summed E-state index contributed by atoms with van der Waals surface area (Å²) in [4.78, 5) is 3.04. The van der Waals surface area contributed by atoms with Crippen molar-refractivity contribution < 1.29 is 26.3 Å². The van der Waals surface area contributed by atoms with Crippen LogP contribution in [0, 0.1) is 0 Å². The molecule has 19 heavy (non-hydrogen) atoms. The van der Waals surface area contributed by atoms with Crippen LogP contribution in [0.3, 0.4) is 0 Å². The van der Waals surface area contributed by atoms with E-state index in [1.807, 2.05) is 0 Å². The van der Waals surface area contributed by atoms with E-state index in [2.05, 4.69) is 4.98 Å². The molecule has 102 valence electrons. The topological polar surface area (TPSA) is 12.9 Å². The second-order valence-electron chi connectivity index (χ2n) is 3.69. The van der Waals surface area contributed by atoms with Crippen molar-refractivity contribution in [3.05, 3.63) is 40.5 Å². The molecule has 1 nitrogen and oxygen atoms in total. The van der Waals surface area contributed by atoms with Gasteiger partial charge >= 0.3 is 12.4 Å². The molecular weight excluding hydrogens is 296 g/mol. The molecule has 0 unspecified atom stereocenters. The second kappa shape index (κ2) is 4.26. The van der Waals surface area contributed by atoms with Crippen LogP contribution in [-0.4, -0.2) is 4.98 Å². The van der Waals surface area contributed by atoms with E-state index < -0.39 is 34.1 Å². The van der Waals surface area contributed by atoms with Crippen LogP contribution < -0.4 is 0 Å². The molecule has 1 aromatic heterocycles. The monoisotopic (exact) mass is 299 g/mol. The van der Waals surface area contributed by atoms with Crippen molar-refractivity contribution in [2.45, 2.75) is 12.4 Å². The first-order chi connectivity index (χ1) is 8.60. The Morgan fingerprint density at radius 2 is 1.58 bits per heavy atom. The highest BCUT2D eigenvalue weighted by Gasteiger charge is 2.37. The Morgan fingerprint density at radius 3 is 2.11 bits per heavy atom. The van der Waals surface area contributed by atoms with Crippen molar-refractivity contribution in [1.29, 1.82) is 0 Å². The Labute approximate surface area is 107 Å². The van der Waals surface area contributed by atoms with Gasteiger partial charge in [0.05, 0.1) is 16.1 Å². The number of rotatable bonds is 0. The van der Waals surface area contributed by atoms with Gasteiger partial charge in [0, 0.05) is 5.39 Å². The zero-order chi connectivity index (χ0) is 14.4. The predicted octanol–water partition coefficient (Wildman–Crippen LogP) is 4.93. The summed E-state index contributed by atoms with van der Waals surface area (Å²) in [7, 11) is 0. The Hall–Kier alpha value is -1.50. The fraction of sp³-hybridized carbons (Fsp3) is 0.182. The lowest BCUT2D eigenvalue weighted by Gasteiger charge is -2.13. The Bertz CT molecular complexity index is 631. The quantitative estimate of drug-likeness (QED) is 0.629. The van der Waals surface area contributed by atoms with Crippen molar-refractivity contribution in [2.75, 3.05) is 0 Å². The number of nitrogens with zero attached hydrogens (tertiary/aromatic N) is 1. The van der Waals surface area contributed by atoms with E-state index in [0.29, 0.717) is 12.1 Å². The molecule has 2 rings (SSSR count). The molecule has 8 heteroatoms. The predicted molar refractivity (Wildman–Crippen MR) is 56.8 cm³/mol. The van der Waals surface area contributed by atoms with Crippen LogP contribution in [0.2, 0.25) is 5.02 Å². The number of halogens is 7. The van der Waals surface area contributed by atoms with Gasteiger partial charge in [-0.25, -0.2) is 4.98 Å². The normalized spacial score (nSPS) is 13.0. The van der Waals surface area contributed by atoms with E-state index in [-0.39, 0.29) is 5.39 Å². The number of hydrogen-bond donors (Lipinski definition) is 0. The van der Waals surface area contributed by atoms with Crippen molar-refractivity contribution in [3.63, 3.8) is 0 Å². The minimum Gasteiger partial charge on any atom is -0.243 e. The van der Waals surface area contributed by atoms with Gasteiger partial charge in [-0.2, -0.15) is 26.3 Å². The number of pyridine rings is 1. The Balaban J connectivity index is 2.84. The summed E-state index contributed by atoms with van der Waals surface area (Å²) in [5.41, 5.74) is -3.52. The Morgan fingerprint density at radius 1 is 0.947 bits per heavy atom. The molecule has 0 saturated carbocycles. The molecule has 0 N–H and O–H groups in total. The van der Waals surface area contributed by atoms with Gasteiger partial charge in [0.25, 0.3) is 0 Å². The zero-order valence-electron chi connectivity index (χ0n) is 8.90. The van der Waals surface area contributed by atoms with Gasteiger partial charge in [-0.3, -0.25) is 0 Å². The fourth-order valence-electron chi connectivity index (χ4n) is 1.58. The van der Waals surface area contributed by atoms with Crippen LogP contribution in [0.15, 0.2) is 24.3 Å². The maximum Gasteiger partial charge on any atom is 0.433 e. The molecule has 0 bridgehead atoms. The summed E-state index contributed by atoms with van der Waals surface area (Å²) < 4.78 is 75.7. The number of para-hydroxylation sites is 1. The van der Waals surface area contributed by atoms with Gasteiger partial charge in [0.1, 0.15) is 5.69 Å². The van der Waals surface area contributed by atoms with E-state index in [9.17, 15) is 26.3 Å². The molecule has 1 aromatic carbocycles. The fourth-order valence-corrected chi connectivity index (χ4v) is 1.84. The molecule has 2 aromatic rings. The molecular formula is C11H4ClF6N. The maximum atomic E-state index is 12.7. The molecule has 0 radical (unpaired) electrons. The van der Waals surface area contributed by atoms with Crippen LogP contribution in [-0.2, 0) is 12.4 Å². The van der Waals surface area contributed by atoms with E-state index in [1.165, 1.54) is 6.07 Å². The first-order valence-electron chi connectivity index (χ1n) is 4.84. The largest absolute Gasteiger partial charge is 0.433 e. The zero-order valence-corrected chi connectivity index (χ0v) is 9.66. The first kappa shape index (κ1) is 13.9. The van der Waals surface area contributed by atoms with E-state index >= 15 is 0 Å². The minimum atomic E-state index is -4.86. The minimum absolute atomic E-state index is 0.176. The lowest BCUT2D eigenvalue weighted by molar-refractivity contribution is -0.142. The van der Waals surface area contributed by atoms with Gasteiger partial charge in [0.15, 0.2) is 0 Å². The molecule has 0 saturated heterocycles. The van der Waals surface area contributed by atoms with Gasteiger partial charge < -0.3 is 0 Å². The van der Waals surface area contributed by atoms with Gasteiger partial charge in [0.2, 0.25) is 0 Å². The summed E-state index contributed by atoms with van der Waals surface area (Å²) in [6.45, 7) is 0. The first-order valence-corrected chi connectivity index (χ1v) is 5.22. The summed E-state index contributed by atoms with van der Waals surface area (Å²) in [5.74, 6) is 0. The average molecular weight is 300 g/mol. The third kappa shape index (κ3) is 2.60. The number of alkyl halides is 6. The summed E-state index contributed by atoms with van der Waals surface area (Å²) in [5, 5.41) is -0.604. The standard InChI is InChI=1S/C11H4ClF6N/c12-7-4-8(11(16,17)18)19-9-5(7)2-1-3-6(9)10(13,14)15/h1-4H. The van der Waals surface area contributed by atoms with Crippen LogP contribution in [0.4, 0.5) is 26.3 Å². The lowest BCUT2D eigenvalue weighted by atomic mass is 10.1. The molecule has 0 aliphatic rings. The number of hydrogen-bond acceptors (Lipinski definition) is 1. The molecule has 0 spiro atoms. The molecule has 0 amide bonds. The molecule has 0 fully saturated rings. The number of benzene rings is 1. The second-order valence-corrected chi connectivity index (χ2v) is 4.09. The highest BCUT2D eigenvalue weighted by Crippen LogP contribution is 2.38. The third-order valence-corrected chi connectivity index (χ3v) is 2.70. The van der Waals surface area contributed by atoms with Crippen LogP contribution in [0.1, 0.15) is 11.3 Å². The van der Waals surface area contributed by atoms with Gasteiger partial charge in [-0.15, -0.1) is 0 Å². The molecule has 1 heterocycles. The van der Waals surface area contributed by atoms with E-state index in [0.717, 1.165) is 6.07 Å². The SMILES string of the molecule is FC(F)(F)c1cc(Cl)c2cccc(C(F)(F)F)c2n1. The van der Waals surface area contributed by atoms with E-state index in [4.69, 9.17) is 11.6 Å².